The number of nitrogens with one attached hydrogen (secondary N) is 1. The highest BCUT2D eigenvalue weighted by atomic mass is 32.1. The van der Waals surface area contributed by atoms with Crippen LogP contribution >= 0.6 is 11.3 Å². The van der Waals surface area contributed by atoms with Crippen LogP contribution in [0.3, 0.4) is 0 Å². The van der Waals surface area contributed by atoms with Gasteiger partial charge < -0.3 is 10.2 Å². The zero-order valence-electron chi connectivity index (χ0n) is 20.7. The number of benzene rings is 2. The van der Waals surface area contributed by atoms with Crippen LogP contribution in [0.4, 0.5) is 11.4 Å². The first kappa shape index (κ1) is 22.9. The molecule has 6 heteroatoms. The maximum atomic E-state index is 14.4. The molecular weight excluding hydrogens is 468 g/mol. The summed E-state index contributed by atoms with van der Waals surface area (Å²) in [7, 11) is 0. The minimum Gasteiger partial charge on any atom is -0.352 e. The number of rotatable bonds is 3. The number of amides is 1. The molecule has 4 atom stereocenters. The van der Waals surface area contributed by atoms with E-state index in [4.69, 9.17) is 0 Å². The first-order valence-electron chi connectivity index (χ1n) is 12.3. The summed E-state index contributed by atoms with van der Waals surface area (Å²) in [6.07, 6.45) is 2.09. The van der Waals surface area contributed by atoms with Crippen molar-refractivity contribution in [3.63, 3.8) is 0 Å². The molecule has 0 bridgehead atoms. The quantitative estimate of drug-likeness (QED) is 0.471. The first-order valence-corrected chi connectivity index (χ1v) is 13.1. The van der Waals surface area contributed by atoms with Crippen molar-refractivity contribution in [2.24, 2.45) is 11.3 Å². The van der Waals surface area contributed by atoms with Gasteiger partial charge >= 0.3 is 0 Å². The molecule has 1 amide bonds. The van der Waals surface area contributed by atoms with E-state index in [-0.39, 0.29) is 17.5 Å². The average Bonchev–Trinajstić information content (AvgIpc) is 3.55. The normalized spacial score (nSPS) is 26.2. The van der Waals surface area contributed by atoms with Crippen LogP contribution in [-0.2, 0) is 15.0 Å². The lowest BCUT2D eigenvalue weighted by Crippen LogP contribution is -2.51. The molecule has 36 heavy (non-hydrogen) atoms. The van der Waals surface area contributed by atoms with Gasteiger partial charge in [0.15, 0.2) is 11.6 Å². The number of nitrogens with zero attached hydrogens (tertiary/aromatic N) is 1. The van der Waals surface area contributed by atoms with Crippen LogP contribution in [0.2, 0.25) is 0 Å². The molecular formula is C30H28N2O3S. The van der Waals surface area contributed by atoms with E-state index in [1.807, 2.05) is 87.7 Å². The predicted molar refractivity (Wildman–Crippen MR) is 143 cm³/mol. The number of anilines is 2. The Bertz CT molecular complexity index is 1450. The summed E-state index contributed by atoms with van der Waals surface area (Å²) in [6, 6.07) is 17.9. The molecule has 3 aliphatic heterocycles. The Morgan fingerprint density at radius 1 is 1.00 bits per heavy atom. The lowest BCUT2D eigenvalue weighted by Gasteiger charge is -2.39. The summed E-state index contributed by atoms with van der Waals surface area (Å²) in [4.78, 5) is 45.6. The molecule has 1 aromatic heterocycles. The smallest absolute Gasteiger partial charge is 0.238 e. The van der Waals surface area contributed by atoms with Crippen LogP contribution < -0.4 is 10.2 Å². The van der Waals surface area contributed by atoms with E-state index < -0.39 is 28.8 Å². The van der Waals surface area contributed by atoms with Crippen molar-refractivity contribution in [2.45, 2.75) is 45.2 Å². The molecule has 2 aromatic carbocycles. The number of allylic oxidation sites excluding steroid dienone is 1. The number of ketones is 2. The lowest BCUT2D eigenvalue weighted by molar-refractivity contribution is -0.128. The second-order valence-electron chi connectivity index (χ2n) is 11.0. The molecule has 0 saturated carbocycles. The molecule has 0 unspecified atom stereocenters. The van der Waals surface area contributed by atoms with Gasteiger partial charge in [-0.2, -0.15) is 0 Å². The lowest BCUT2D eigenvalue weighted by atomic mass is 9.63. The third-order valence-corrected chi connectivity index (χ3v) is 8.82. The second-order valence-corrected chi connectivity index (χ2v) is 11.9. The Hall–Kier alpha value is -3.51. The minimum absolute atomic E-state index is 0.0424. The fraction of sp³-hybridized carbons (Fsp3) is 0.300. The van der Waals surface area contributed by atoms with Crippen molar-refractivity contribution in [2.75, 3.05) is 10.2 Å². The van der Waals surface area contributed by atoms with Gasteiger partial charge in [0, 0.05) is 22.4 Å². The number of para-hydroxylation sites is 2. The first-order chi connectivity index (χ1) is 17.2. The molecule has 1 N–H and O–H groups in total. The maximum Gasteiger partial charge on any atom is 0.238 e. The Labute approximate surface area is 214 Å². The third-order valence-electron chi connectivity index (χ3n) is 7.94. The predicted octanol–water partition coefficient (Wildman–Crippen LogP) is 5.73. The standard InChI is InChI=1S/C30H28N2O3S/c1-17-16-23-30(19-11-6-7-12-20(19)31-28(30)35)24(26(33)22-14-9-15-36-22)25(27(34)29(2,3)4)32(23)21-13-8-5-10-18(17)21/h5-16,23-25H,1-4H3,(H,31,35)/t23-,24+,25-,30+/m0/s1. The molecule has 1 spiro atoms. The van der Waals surface area contributed by atoms with E-state index in [0.29, 0.717) is 10.6 Å². The van der Waals surface area contributed by atoms with Crippen molar-refractivity contribution < 1.29 is 14.4 Å². The highest BCUT2D eigenvalue weighted by molar-refractivity contribution is 7.12. The van der Waals surface area contributed by atoms with Crippen LogP contribution in [0.15, 0.2) is 72.1 Å². The highest BCUT2D eigenvalue weighted by Gasteiger charge is 2.71. The number of fused-ring (bicyclic) bond motifs is 6. The summed E-state index contributed by atoms with van der Waals surface area (Å²) >= 11 is 1.36. The number of carbonyl (C=O) groups is 3. The third kappa shape index (κ3) is 2.91. The van der Waals surface area contributed by atoms with Crippen LogP contribution in [0.5, 0.6) is 0 Å². The monoisotopic (exact) mass is 496 g/mol. The molecule has 6 rings (SSSR count). The number of Topliss-reactive ketones (excluding diaryl/α,β-unsaturated/α-hetero) is 2. The van der Waals surface area contributed by atoms with Crippen LogP contribution in [-0.4, -0.2) is 29.6 Å². The largest absolute Gasteiger partial charge is 0.352 e. The molecule has 0 aliphatic carbocycles. The van der Waals surface area contributed by atoms with E-state index in [1.165, 1.54) is 11.3 Å². The van der Waals surface area contributed by atoms with Gasteiger partial charge in [-0.05, 0) is 41.6 Å². The molecule has 3 aromatic rings. The minimum atomic E-state index is -1.24. The number of thiophene rings is 1. The Morgan fingerprint density at radius 3 is 2.44 bits per heavy atom. The number of carbonyl (C=O) groups excluding carboxylic acids is 3. The molecule has 4 heterocycles. The second kappa shape index (κ2) is 7.74. The van der Waals surface area contributed by atoms with Crippen LogP contribution in [0.25, 0.3) is 5.57 Å². The van der Waals surface area contributed by atoms with Gasteiger partial charge in [-0.1, -0.05) is 69.3 Å². The van der Waals surface area contributed by atoms with E-state index in [0.717, 1.165) is 22.4 Å². The molecule has 5 nitrogen and oxygen atoms in total. The molecule has 0 radical (unpaired) electrons. The Balaban J connectivity index is 1.72. The van der Waals surface area contributed by atoms with Gasteiger partial charge in [0.1, 0.15) is 11.5 Å². The van der Waals surface area contributed by atoms with Gasteiger partial charge in [0.2, 0.25) is 5.91 Å². The van der Waals surface area contributed by atoms with Crippen molar-refractivity contribution in [1.29, 1.82) is 0 Å². The summed E-state index contributed by atoms with van der Waals surface area (Å²) in [6.45, 7) is 7.71. The Morgan fingerprint density at radius 2 is 1.72 bits per heavy atom. The van der Waals surface area contributed by atoms with Crippen molar-refractivity contribution >= 4 is 45.8 Å². The van der Waals surface area contributed by atoms with Crippen molar-refractivity contribution in [3.05, 3.63) is 88.1 Å². The average molecular weight is 497 g/mol. The fourth-order valence-electron chi connectivity index (χ4n) is 6.40. The van der Waals surface area contributed by atoms with E-state index in [2.05, 4.69) is 16.3 Å². The summed E-state index contributed by atoms with van der Waals surface area (Å²) in [5.74, 6) is -1.30. The van der Waals surface area contributed by atoms with Gasteiger partial charge in [-0.3, -0.25) is 14.4 Å². The van der Waals surface area contributed by atoms with Crippen molar-refractivity contribution in [3.8, 4) is 0 Å². The SMILES string of the molecule is CC1=C[C@@H]2N(c3ccccc31)[C@H](C(=O)C(C)(C)C)[C@H](C(=O)c1cccs1)[C@]21C(=O)Nc2ccccc21. The molecule has 1 fully saturated rings. The zero-order chi connectivity index (χ0) is 25.4. The van der Waals surface area contributed by atoms with Crippen LogP contribution in [0, 0.1) is 11.3 Å². The fourth-order valence-corrected chi connectivity index (χ4v) is 7.11. The molecule has 1 saturated heterocycles. The topological polar surface area (TPSA) is 66.5 Å². The van der Waals surface area contributed by atoms with Gasteiger partial charge in [-0.15, -0.1) is 11.3 Å². The highest BCUT2D eigenvalue weighted by Crippen LogP contribution is 2.59. The summed E-state index contributed by atoms with van der Waals surface area (Å²) in [5.41, 5.74) is 2.49. The summed E-state index contributed by atoms with van der Waals surface area (Å²) < 4.78 is 0. The summed E-state index contributed by atoms with van der Waals surface area (Å²) in [5, 5.41) is 4.94. The van der Waals surface area contributed by atoms with Gasteiger partial charge in [0.25, 0.3) is 0 Å². The maximum absolute atomic E-state index is 14.4. The van der Waals surface area contributed by atoms with E-state index in [9.17, 15) is 14.4 Å². The van der Waals surface area contributed by atoms with Gasteiger partial charge in [0.05, 0.1) is 16.8 Å². The number of hydrogen-bond acceptors (Lipinski definition) is 5. The zero-order valence-corrected chi connectivity index (χ0v) is 21.6. The Kier molecular flexibility index (Phi) is 4.93. The van der Waals surface area contributed by atoms with Crippen LogP contribution in [0.1, 0.15) is 48.5 Å². The molecule has 182 valence electrons. The van der Waals surface area contributed by atoms with E-state index >= 15 is 0 Å². The molecule has 3 aliphatic rings. The van der Waals surface area contributed by atoms with Gasteiger partial charge in [-0.25, -0.2) is 0 Å². The number of hydrogen-bond donors (Lipinski definition) is 1. The van der Waals surface area contributed by atoms with Crippen molar-refractivity contribution in [1.82, 2.24) is 0 Å². The van der Waals surface area contributed by atoms with E-state index in [1.54, 1.807) is 6.07 Å².